The summed E-state index contributed by atoms with van der Waals surface area (Å²) in [7, 11) is -11.7. The Labute approximate surface area is 291 Å². The Morgan fingerprint density at radius 3 is 0.702 bits per heavy atom. The summed E-state index contributed by atoms with van der Waals surface area (Å²) in [6, 6.07) is 18.7. The van der Waals surface area contributed by atoms with Crippen LogP contribution in [0.1, 0.15) is 128 Å². The third-order valence-electron chi connectivity index (χ3n) is 9.76. The van der Waals surface area contributed by atoms with Crippen molar-refractivity contribution in [1.82, 2.24) is 0 Å². The predicted octanol–water partition coefficient (Wildman–Crippen LogP) is 13.0. The second-order valence-electron chi connectivity index (χ2n) is 13.3. The van der Waals surface area contributed by atoms with Gasteiger partial charge in [-0.05, 0) is 74.0 Å². The van der Waals surface area contributed by atoms with Crippen LogP contribution in [-0.4, -0.2) is 37.1 Å². The average Bonchev–Trinajstić information content (AvgIpc) is 3.74. The summed E-state index contributed by atoms with van der Waals surface area (Å²) < 4.78 is 78.0. The molecule has 47 heavy (non-hydrogen) atoms. The molecular weight excluding hydrogens is 700 g/mol. The van der Waals surface area contributed by atoms with E-state index >= 15 is 0 Å². The van der Waals surface area contributed by atoms with Crippen molar-refractivity contribution in [3.63, 3.8) is 0 Å². The van der Waals surface area contributed by atoms with Crippen molar-refractivity contribution in [2.75, 3.05) is 0 Å². The molecule has 0 radical (unpaired) electrons. The van der Waals surface area contributed by atoms with Crippen molar-refractivity contribution in [2.24, 2.45) is 0 Å². The molecule has 0 atom stereocenters. The van der Waals surface area contributed by atoms with Crippen LogP contribution in [0.25, 0.3) is 0 Å². The second kappa shape index (κ2) is 22.5. The number of hydrogen-bond donors (Lipinski definition) is 0. The van der Waals surface area contributed by atoms with Crippen molar-refractivity contribution in [3.05, 3.63) is 48.5 Å². The number of halogens is 8. The summed E-state index contributed by atoms with van der Waals surface area (Å²) in [6.07, 6.45) is 30.1. The van der Waals surface area contributed by atoms with E-state index in [1.165, 1.54) is 128 Å². The molecule has 0 bridgehead atoms. The van der Waals surface area contributed by atoms with Crippen molar-refractivity contribution in [2.45, 2.75) is 151 Å². The molecule has 4 aliphatic carbocycles. The van der Waals surface area contributed by atoms with E-state index in [1.807, 2.05) is 0 Å². The van der Waals surface area contributed by atoms with Crippen molar-refractivity contribution >= 4 is 41.0 Å². The van der Waals surface area contributed by atoms with Crippen molar-refractivity contribution in [3.8, 4) is 0 Å². The molecule has 2 aromatic rings. The van der Waals surface area contributed by atoms with Gasteiger partial charge in [0.2, 0.25) is 0 Å². The molecule has 4 fully saturated rings. The fourth-order valence-corrected chi connectivity index (χ4v) is 15.5. The first-order valence-corrected chi connectivity index (χ1v) is 20.6. The molecule has 0 N–H and O–H groups in total. The van der Waals surface area contributed by atoms with E-state index < -0.39 is 14.5 Å². The largest absolute Gasteiger partial charge is 4.00 e. The van der Waals surface area contributed by atoms with Crippen LogP contribution in [0.2, 0.25) is 0 Å². The Morgan fingerprint density at radius 2 is 0.532 bits per heavy atom. The van der Waals surface area contributed by atoms with Gasteiger partial charge < -0.3 is 34.5 Å². The van der Waals surface area contributed by atoms with E-state index in [4.69, 9.17) is 0 Å². The zero-order valence-electron chi connectivity index (χ0n) is 27.5. The Hall–Kier alpha value is -0.351. The molecule has 13 heteroatoms. The van der Waals surface area contributed by atoms with E-state index in [-0.39, 0.29) is 32.9 Å². The van der Waals surface area contributed by atoms with E-state index in [9.17, 15) is 34.5 Å². The normalized spacial score (nSPS) is 20.6. The standard InChI is InChI=1S/2C17H26P.2BF4.Fe/c2*1-3-9-15(10-4-1)18(17-13-7-8-14-17)16-11-5-2-6-12-16;2*2-1(3,4)5;/h2*7-8,13-16H,1-6,9-12H2;;;/q4*-1;+4. The van der Waals surface area contributed by atoms with Crippen LogP contribution in [0.4, 0.5) is 34.5 Å². The topological polar surface area (TPSA) is 0 Å². The van der Waals surface area contributed by atoms with Gasteiger partial charge in [0.25, 0.3) is 0 Å². The van der Waals surface area contributed by atoms with Gasteiger partial charge >= 0.3 is 31.6 Å². The maximum Gasteiger partial charge on any atom is 4.00 e. The molecule has 6 rings (SSSR count). The first kappa shape index (κ1) is 42.8. The van der Waals surface area contributed by atoms with Crippen LogP contribution >= 0.6 is 15.8 Å². The Bertz CT molecular complexity index is 882. The van der Waals surface area contributed by atoms with Crippen LogP contribution in [0, 0.1) is 0 Å². The minimum atomic E-state index is -6.00. The van der Waals surface area contributed by atoms with Gasteiger partial charge in [-0.15, -0.1) is 26.5 Å². The quantitative estimate of drug-likeness (QED) is 0.119. The second-order valence-corrected chi connectivity index (χ2v) is 18.8. The summed E-state index contributed by atoms with van der Waals surface area (Å²) >= 11 is 0. The Morgan fingerprint density at radius 1 is 0.362 bits per heavy atom. The SMILES string of the molecule is F[B-](F)(F)F.F[B-](F)(F)F.[Fe+4].c1cc[c-](P(C2CCCCC2)C2CCCCC2)c1.c1cc[c-](P(C2CCCCC2)C2CCCCC2)c1. The molecule has 0 unspecified atom stereocenters. The zero-order valence-corrected chi connectivity index (χ0v) is 30.4. The van der Waals surface area contributed by atoms with Gasteiger partial charge in [0, 0.05) is 0 Å². The first-order chi connectivity index (χ1) is 21.9. The van der Waals surface area contributed by atoms with Gasteiger partial charge in [-0.25, -0.2) is 24.3 Å². The summed E-state index contributed by atoms with van der Waals surface area (Å²) in [4.78, 5) is 0. The monoisotopic (exact) mass is 752 g/mol. The van der Waals surface area contributed by atoms with E-state index in [1.54, 1.807) is 10.6 Å². The fraction of sp³-hybridized carbons (Fsp3) is 0.706. The van der Waals surface area contributed by atoms with Crippen LogP contribution in [0.15, 0.2) is 48.5 Å². The van der Waals surface area contributed by atoms with Crippen LogP contribution in [0.5, 0.6) is 0 Å². The smallest absolute Gasteiger partial charge is 0.418 e. The van der Waals surface area contributed by atoms with Crippen molar-refractivity contribution < 1.29 is 51.6 Å². The molecule has 0 spiro atoms. The van der Waals surface area contributed by atoms with Gasteiger partial charge in [-0.3, -0.25) is 0 Å². The first-order valence-electron chi connectivity index (χ1n) is 17.6. The molecule has 4 saturated carbocycles. The number of hydrogen-bond acceptors (Lipinski definition) is 0. The van der Waals surface area contributed by atoms with Crippen LogP contribution in [-0.2, 0) is 17.1 Å². The average molecular weight is 752 g/mol. The van der Waals surface area contributed by atoms with Gasteiger partial charge in [0.05, 0.1) is 0 Å². The Kier molecular flexibility index (Phi) is 20.5. The molecule has 0 amide bonds. The van der Waals surface area contributed by atoms with Crippen LogP contribution < -0.4 is 10.6 Å². The third-order valence-corrected chi connectivity index (χ3v) is 16.8. The summed E-state index contributed by atoms with van der Waals surface area (Å²) in [6.45, 7) is 0. The third kappa shape index (κ3) is 17.9. The zero-order chi connectivity index (χ0) is 33.4. The molecule has 2 aromatic carbocycles. The van der Waals surface area contributed by atoms with E-state index in [0.29, 0.717) is 0 Å². The Balaban J connectivity index is 0.000000251. The van der Waals surface area contributed by atoms with E-state index in [0.717, 1.165) is 22.6 Å². The van der Waals surface area contributed by atoms with Gasteiger partial charge in [-0.2, -0.15) is 24.3 Å². The molecule has 0 aliphatic heterocycles. The fourth-order valence-electron chi connectivity index (χ4n) is 7.95. The maximum absolute atomic E-state index is 9.75. The summed E-state index contributed by atoms with van der Waals surface area (Å²) in [5.74, 6) is 0. The molecule has 0 aromatic heterocycles. The molecular formula is C34H52B2F8FeP2. The van der Waals surface area contributed by atoms with Crippen LogP contribution in [0.3, 0.4) is 0 Å². The maximum atomic E-state index is 9.75. The minimum absolute atomic E-state index is 0. The number of rotatable bonds is 6. The van der Waals surface area contributed by atoms with E-state index in [2.05, 4.69) is 48.5 Å². The molecule has 0 heterocycles. The summed E-state index contributed by atoms with van der Waals surface area (Å²) in [5.41, 5.74) is 4.22. The van der Waals surface area contributed by atoms with Crippen molar-refractivity contribution in [1.29, 1.82) is 0 Å². The van der Waals surface area contributed by atoms with Gasteiger partial charge in [0.1, 0.15) is 0 Å². The molecule has 0 saturated heterocycles. The summed E-state index contributed by atoms with van der Waals surface area (Å²) in [5, 5.41) is 3.45. The van der Waals surface area contributed by atoms with Gasteiger partial charge in [-0.1, -0.05) is 77.0 Å². The molecule has 268 valence electrons. The minimum Gasteiger partial charge on any atom is -0.418 e. The molecule has 4 aliphatic rings. The molecule has 0 nitrogen and oxygen atoms in total. The predicted molar refractivity (Wildman–Crippen MR) is 185 cm³/mol. The van der Waals surface area contributed by atoms with Gasteiger partial charge in [0.15, 0.2) is 0 Å².